The van der Waals surface area contributed by atoms with E-state index in [1.807, 2.05) is 0 Å². The molecule has 0 fully saturated rings. The van der Waals surface area contributed by atoms with Gasteiger partial charge in [0.1, 0.15) is 5.82 Å². The minimum Gasteiger partial charge on any atom is -0.392 e. The Hall–Kier alpha value is -3.31. The molecular formula is C27H26ClF6N3O2. The maximum atomic E-state index is 13.7. The maximum absolute atomic E-state index is 13.7. The number of hydrogen-bond donors (Lipinski definition) is 2. The second-order valence-corrected chi connectivity index (χ2v) is 9.99. The first-order chi connectivity index (χ1) is 17.9. The summed E-state index contributed by atoms with van der Waals surface area (Å²) in [5, 5.41) is 12.9. The molecule has 0 aliphatic carbocycles. The number of alkyl halides is 6. The van der Waals surface area contributed by atoms with Crippen LogP contribution in [0.1, 0.15) is 37.5 Å². The van der Waals surface area contributed by atoms with Crippen molar-refractivity contribution in [3.63, 3.8) is 0 Å². The van der Waals surface area contributed by atoms with Crippen molar-refractivity contribution in [3.05, 3.63) is 76.4 Å². The number of carbonyl (C=O) groups is 1. The topological polar surface area (TPSA) is 65.5 Å². The molecule has 0 aliphatic heterocycles. The first-order valence-electron chi connectivity index (χ1n) is 11.7. The number of amides is 1. The molecule has 12 heteroatoms. The fraction of sp³-hybridized carbons (Fsp3) is 0.333. The summed E-state index contributed by atoms with van der Waals surface area (Å²) in [4.78, 5) is 19.1. The van der Waals surface area contributed by atoms with Gasteiger partial charge in [-0.3, -0.25) is 4.79 Å². The number of aliphatic hydroxyl groups excluding tert-OH is 1. The van der Waals surface area contributed by atoms with E-state index >= 15 is 0 Å². The van der Waals surface area contributed by atoms with Crippen molar-refractivity contribution in [2.24, 2.45) is 0 Å². The Bertz CT molecular complexity index is 1320. The molecule has 1 aromatic heterocycles. The molecule has 1 amide bonds. The summed E-state index contributed by atoms with van der Waals surface area (Å²) >= 11 is 6.40. The van der Waals surface area contributed by atoms with Gasteiger partial charge in [0.2, 0.25) is 5.91 Å². The van der Waals surface area contributed by atoms with E-state index in [2.05, 4.69) is 10.3 Å². The first-order valence-corrected chi connectivity index (χ1v) is 12.1. The van der Waals surface area contributed by atoms with Gasteiger partial charge < -0.3 is 15.3 Å². The number of aliphatic hydroxyl groups is 1. The first kappa shape index (κ1) is 30.2. The van der Waals surface area contributed by atoms with Gasteiger partial charge in [0.05, 0.1) is 34.5 Å². The predicted molar refractivity (Wildman–Crippen MR) is 138 cm³/mol. The van der Waals surface area contributed by atoms with E-state index in [-0.39, 0.29) is 18.3 Å². The van der Waals surface area contributed by atoms with E-state index in [1.165, 1.54) is 27.1 Å². The van der Waals surface area contributed by atoms with Crippen LogP contribution in [0.15, 0.2) is 54.7 Å². The molecule has 5 nitrogen and oxygen atoms in total. The van der Waals surface area contributed by atoms with Crippen LogP contribution in [-0.4, -0.2) is 35.7 Å². The van der Waals surface area contributed by atoms with Crippen molar-refractivity contribution >= 4 is 29.0 Å². The smallest absolute Gasteiger partial charge is 0.392 e. The van der Waals surface area contributed by atoms with Crippen LogP contribution in [0.5, 0.6) is 0 Å². The zero-order chi connectivity index (χ0) is 29.3. The van der Waals surface area contributed by atoms with Crippen LogP contribution in [-0.2, 0) is 22.6 Å². The average Bonchev–Trinajstić information content (AvgIpc) is 2.85. The number of pyridine rings is 1. The van der Waals surface area contributed by atoms with Crippen molar-refractivity contribution < 1.29 is 36.2 Å². The van der Waals surface area contributed by atoms with Gasteiger partial charge in [0, 0.05) is 29.7 Å². The summed E-state index contributed by atoms with van der Waals surface area (Å²) in [7, 11) is 1.35. The monoisotopic (exact) mass is 573 g/mol. The van der Waals surface area contributed by atoms with Crippen LogP contribution in [0, 0.1) is 0 Å². The van der Waals surface area contributed by atoms with Gasteiger partial charge in [-0.25, -0.2) is 4.98 Å². The average molecular weight is 574 g/mol. The van der Waals surface area contributed by atoms with E-state index in [1.54, 1.807) is 37.3 Å². The minimum atomic E-state index is -5.06. The van der Waals surface area contributed by atoms with Gasteiger partial charge in [0.15, 0.2) is 0 Å². The van der Waals surface area contributed by atoms with Crippen molar-refractivity contribution in [3.8, 4) is 11.1 Å². The molecule has 0 bridgehead atoms. The lowest BCUT2D eigenvalue weighted by molar-refractivity contribution is -0.143. The Morgan fingerprint density at radius 3 is 2.03 bits per heavy atom. The molecule has 2 N–H and O–H groups in total. The standard InChI is InChI=1S/C27H26ClF6N3O2/c1-15(38)13-35-23-12-20(19-7-5-6-8-21(19)28)22(14-36-23)37(4)24(39)25(2,3)16-9-17(26(29,30)31)11-18(10-16)27(32,33)34/h5-12,14-15,38H,13H2,1-4H3,(H,35,36). The number of halogens is 7. The number of carbonyl (C=O) groups excluding carboxylic acids is 1. The van der Waals surface area contributed by atoms with Gasteiger partial charge >= 0.3 is 12.4 Å². The molecule has 0 radical (unpaired) electrons. The highest BCUT2D eigenvalue weighted by atomic mass is 35.5. The second kappa shape index (κ2) is 11.1. The summed E-state index contributed by atoms with van der Waals surface area (Å²) in [6, 6.07) is 9.43. The molecule has 1 heterocycles. The Labute approximate surface area is 226 Å². The van der Waals surface area contributed by atoms with Crippen molar-refractivity contribution in [1.29, 1.82) is 0 Å². The molecule has 0 saturated carbocycles. The van der Waals surface area contributed by atoms with Crippen LogP contribution in [0.4, 0.5) is 37.8 Å². The number of nitrogens with zero attached hydrogens (tertiary/aromatic N) is 2. The molecule has 210 valence electrons. The van der Waals surface area contributed by atoms with Gasteiger partial charge in [-0.05, 0) is 56.7 Å². The molecule has 3 aromatic rings. The largest absolute Gasteiger partial charge is 0.416 e. The number of hydrogen-bond acceptors (Lipinski definition) is 4. The zero-order valence-corrected chi connectivity index (χ0v) is 22.1. The van der Waals surface area contributed by atoms with Gasteiger partial charge in [0.25, 0.3) is 0 Å². The molecule has 3 rings (SSSR count). The molecular weight excluding hydrogens is 548 g/mol. The number of anilines is 2. The van der Waals surface area contributed by atoms with E-state index in [0.717, 1.165) is 4.90 Å². The summed E-state index contributed by atoms with van der Waals surface area (Å²) < 4.78 is 80.8. The SMILES string of the molecule is CC(O)CNc1cc(-c2ccccc2Cl)c(N(C)C(=O)C(C)(C)c2cc(C(F)(F)F)cc(C(F)(F)F)c2)cn1. The fourth-order valence-electron chi connectivity index (χ4n) is 3.93. The molecule has 2 aromatic carbocycles. The summed E-state index contributed by atoms with van der Waals surface area (Å²) in [5.74, 6) is -0.433. The van der Waals surface area contributed by atoms with E-state index in [9.17, 15) is 36.2 Å². The number of nitrogens with one attached hydrogen (secondary N) is 1. The van der Waals surface area contributed by atoms with E-state index in [0.29, 0.717) is 34.1 Å². The number of likely N-dealkylation sites (N-methyl/N-ethyl adjacent to an activating group) is 1. The second-order valence-electron chi connectivity index (χ2n) is 9.58. The van der Waals surface area contributed by atoms with E-state index < -0.39 is 46.5 Å². The highest BCUT2D eigenvalue weighted by Crippen LogP contribution is 2.41. The summed E-state index contributed by atoms with van der Waals surface area (Å²) in [6.45, 7) is 4.25. The number of rotatable bonds is 7. The van der Waals surface area contributed by atoms with Crippen LogP contribution in [0.3, 0.4) is 0 Å². The third kappa shape index (κ3) is 6.83. The third-order valence-electron chi connectivity index (χ3n) is 6.14. The highest BCUT2D eigenvalue weighted by molar-refractivity contribution is 6.33. The molecule has 0 spiro atoms. The fourth-order valence-corrected chi connectivity index (χ4v) is 4.17. The lowest BCUT2D eigenvalue weighted by atomic mass is 9.81. The van der Waals surface area contributed by atoms with Gasteiger partial charge in [-0.2, -0.15) is 26.3 Å². The lowest BCUT2D eigenvalue weighted by Crippen LogP contribution is -2.42. The summed E-state index contributed by atoms with van der Waals surface area (Å²) in [5.41, 5.74) is -4.14. The van der Waals surface area contributed by atoms with Crippen LogP contribution in [0.25, 0.3) is 11.1 Å². The lowest BCUT2D eigenvalue weighted by Gasteiger charge is -2.32. The normalized spacial score (nSPS) is 13.2. The maximum Gasteiger partial charge on any atom is 0.416 e. The molecule has 1 atom stereocenters. The third-order valence-corrected chi connectivity index (χ3v) is 6.47. The predicted octanol–water partition coefficient (Wildman–Crippen LogP) is 7.17. The van der Waals surface area contributed by atoms with Crippen LogP contribution in [0.2, 0.25) is 5.02 Å². The van der Waals surface area contributed by atoms with Gasteiger partial charge in [-0.15, -0.1) is 0 Å². The summed E-state index contributed by atoms with van der Waals surface area (Å²) in [6.07, 6.45) is -9.47. The van der Waals surface area contributed by atoms with Crippen molar-refractivity contribution in [2.45, 2.75) is 44.6 Å². The Kier molecular flexibility index (Phi) is 8.57. The Balaban J connectivity index is 2.12. The van der Waals surface area contributed by atoms with Crippen LogP contribution < -0.4 is 10.2 Å². The van der Waals surface area contributed by atoms with Crippen molar-refractivity contribution in [2.75, 3.05) is 23.8 Å². The quantitative estimate of drug-likeness (QED) is 0.294. The Morgan fingerprint density at radius 1 is 0.974 bits per heavy atom. The molecule has 0 aliphatic rings. The minimum absolute atomic E-state index is 0.0200. The number of benzene rings is 2. The highest BCUT2D eigenvalue weighted by Gasteiger charge is 2.41. The number of aromatic nitrogens is 1. The van der Waals surface area contributed by atoms with Crippen molar-refractivity contribution in [1.82, 2.24) is 4.98 Å². The van der Waals surface area contributed by atoms with Crippen LogP contribution >= 0.6 is 11.6 Å². The Morgan fingerprint density at radius 2 is 1.51 bits per heavy atom. The van der Waals surface area contributed by atoms with Gasteiger partial charge in [-0.1, -0.05) is 29.8 Å². The molecule has 0 saturated heterocycles. The molecule has 39 heavy (non-hydrogen) atoms. The van der Waals surface area contributed by atoms with E-state index in [4.69, 9.17) is 11.6 Å². The molecule has 1 unspecified atom stereocenters. The zero-order valence-electron chi connectivity index (χ0n) is 21.4.